The monoisotopic (exact) mass is 285 g/mol. The molecule has 1 aliphatic rings. The molecule has 1 heterocycles. The van der Waals surface area contributed by atoms with E-state index in [-0.39, 0.29) is 17.9 Å². The summed E-state index contributed by atoms with van der Waals surface area (Å²) >= 11 is 5.16. The lowest BCUT2D eigenvalue weighted by Crippen LogP contribution is -2.55. The zero-order chi connectivity index (χ0) is 14.4. The average Bonchev–Trinajstić information content (AvgIpc) is 2.43. The van der Waals surface area contributed by atoms with Crippen molar-refractivity contribution in [2.75, 3.05) is 26.2 Å². The van der Waals surface area contributed by atoms with Gasteiger partial charge in [-0.3, -0.25) is 9.69 Å². The van der Waals surface area contributed by atoms with Crippen LogP contribution in [-0.2, 0) is 4.79 Å². The number of nitrogens with zero attached hydrogens (tertiary/aromatic N) is 2. The Morgan fingerprint density at radius 1 is 1.26 bits per heavy atom. The fourth-order valence-corrected chi connectivity index (χ4v) is 2.79. The fraction of sp³-hybridized carbons (Fsp3) is 0.857. The molecular formula is C14H27N3OS. The Balaban J connectivity index is 2.52. The molecule has 0 aromatic heterocycles. The van der Waals surface area contributed by atoms with Crippen LogP contribution in [0.3, 0.4) is 0 Å². The number of hydrogen-bond donors (Lipinski definition) is 1. The quantitative estimate of drug-likeness (QED) is 0.754. The Morgan fingerprint density at radius 3 is 2.26 bits per heavy atom. The number of hydrogen-bond acceptors (Lipinski definition) is 3. The van der Waals surface area contributed by atoms with Crippen molar-refractivity contribution in [3.05, 3.63) is 0 Å². The molecule has 1 rings (SSSR count). The molecule has 0 radical (unpaired) electrons. The lowest BCUT2D eigenvalue weighted by atomic mass is 10.1. The predicted molar refractivity (Wildman–Crippen MR) is 83.1 cm³/mol. The first-order chi connectivity index (χ1) is 9.01. The highest BCUT2D eigenvalue weighted by molar-refractivity contribution is 7.80. The van der Waals surface area contributed by atoms with Crippen LogP contribution < -0.4 is 5.73 Å². The molecule has 0 spiro atoms. The highest BCUT2D eigenvalue weighted by Gasteiger charge is 2.28. The van der Waals surface area contributed by atoms with Gasteiger partial charge in [0.2, 0.25) is 5.91 Å². The predicted octanol–water partition coefficient (Wildman–Crippen LogP) is 1.63. The lowest BCUT2D eigenvalue weighted by Gasteiger charge is -2.39. The van der Waals surface area contributed by atoms with Gasteiger partial charge in [-0.15, -0.1) is 0 Å². The molecule has 1 saturated heterocycles. The van der Waals surface area contributed by atoms with Gasteiger partial charge in [0.1, 0.15) is 0 Å². The van der Waals surface area contributed by atoms with E-state index in [0.29, 0.717) is 4.99 Å². The zero-order valence-electron chi connectivity index (χ0n) is 12.4. The van der Waals surface area contributed by atoms with Gasteiger partial charge < -0.3 is 10.6 Å². The van der Waals surface area contributed by atoms with Gasteiger partial charge in [-0.05, 0) is 12.8 Å². The second-order valence-electron chi connectivity index (χ2n) is 5.38. The van der Waals surface area contributed by atoms with E-state index in [4.69, 9.17) is 18.0 Å². The molecule has 1 fully saturated rings. The van der Waals surface area contributed by atoms with E-state index >= 15 is 0 Å². The molecule has 1 aliphatic heterocycles. The van der Waals surface area contributed by atoms with Crippen LogP contribution in [0.2, 0.25) is 0 Å². The molecule has 1 amide bonds. The number of piperazine rings is 1. The minimum Gasteiger partial charge on any atom is -0.392 e. The van der Waals surface area contributed by atoms with E-state index in [1.807, 2.05) is 11.8 Å². The third kappa shape index (κ3) is 4.42. The van der Waals surface area contributed by atoms with E-state index < -0.39 is 0 Å². The van der Waals surface area contributed by atoms with Gasteiger partial charge in [0.15, 0.2) is 0 Å². The third-order valence-electron chi connectivity index (χ3n) is 3.99. The second-order valence-corrected chi connectivity index (χ2v) is 5.85. The first-order valence-electron chi connectivity index (χ1n) is 7.33. The van der Waals surface area contributed by atoms with Crippen molar-refractivity contribution < 1.29 is 4.79 Å². The van der Waals surface area contributed by atoms with Crippen molar-refractivity contribution in [3.8, 4) is 0 Å². The van der Waals surface area contributed by atoms with Crippen molar-refractivity contribution >= 4 is 23.1 Å². The number of nitrogens with two attached hydrogens (primary N) is 1. The second kappa shape index (κ2) is 7.80. The van der Waals surface area contributed by atoms with Crippen molar-refractivity contribution in [2.45, 2.75) is 46.1 Å². The van der Waals surface area contributed by atoms with Crippen LogP contribution in [0.1, 0.15) is 40.0 Å². The molecule has 0 aliphatic carbocycles. The van der Waals surface area contributed by atoms with E-state index in [0.717, 1.165) is 45.4 Å². The molecule has 2 atom stereocenters. The number of thiocarbonyl (C=S) groups is 1. The summed E-state index contributed by atoms with van der Waals surface area (Å²) in [6, 6.07) is 0.195. The molecule has 5 heteroatoms. The molecular weight excluding hydrogens is 258 g/mol. The van der Waals surface area contributed by atoms with Crippen molar-refractivity contribution in [2.24, 2.45) is 11.7 Å². The van der Waals surface area contributed by atoms with E-state index in [1.54, 1.807) is 0 Å². The van der Waals surface area contributed by atoms with Crippen LogP contribution in [0.25, 0.3) is 0 Å². The largest absolute Gasteiger partial charge is 0.392 e. The summed E-state index contributed by atoms with van der Waals surface area (Å²) in [6.45, 7) is 9.56. The average molecular weight is 285 g/mol. The van der Waals surface area contributed by atoms with Crippen LogP contribution in [-0.4, -0.2) is 52.9 Å². The Bertz CT molecular complexity index is 314. The standard InChI is InChI=1S/C14H27N3OS/c1-4-6-12(13(15)19)16-7-9-17(10-8-16)14(18)11(3)5-2/h11-12H,4-10H2,1-3H3,(H2,15,19). The van der Waals surface area contributed by atoms with E-state index in [2.05, 4.69) is 18.7 Å². The molecule has 0 aromatic carbocycles. The summed E-state index contributed by atoms with van der Waals surface area (Å²) in [4.78, 5) is 17.0. The van der Waals surface area contributed by atoms with Gasteiger partial charge in [-0.2, -0.15) is 0 Å². The van der Waals surface area contributed by atoms with Gasteiger partial charge in [0, 0.05) is 32.1 Å². The highest BCUT2D eigenvalue weighted by atomic mass is 32.1. The van der Waals surface area contributed by atoms with Gasteiger partial charge in [-0.1, -0.05) is 39.4 Å². The molecule has 0 aromatic rings. The maximum absolute atomic E-state index is 12.1. The minimum atomic E-state index is 0.133. The lowest BCUT2D eigenvalue weighted by molar-refractivity contribution is -0.137. The van der Waals surface area contributed by atoms with Crippen LogP contribution in [0.4, 0.5) is 0 Å². The molecule has 4 nitrogen and oxygen atoms in total. The zero-order valence-corrected chi connectivity index (χ0v) is 13.2. The molecule has 2 N–H and O–H groups in total. The van der Waals surface area contributed by atoms with Gasteiger partial charge >= 0.3 is 0 Å². The summed E-state index contributed by atoms with van der Waals surface area (Å²) in [5.41, 5.74) is 5.83. The van der Waals surface area contributed by atoms with Crippen LogP contribution in [0.5, 0.6) is 0 Å². The summed E-state index contributed by atoms with van der Waals surface area (Å²) in [5.74, 6) is 0.415. The normalized spacial score (nSPS) is 20.1. The summed E-state index contributed by atoms with van der Waals surface area (Å²) in [6.07, 6.45) is 2.99. The summed E-state index contributed by atoms with van der Waals surface area (Å²) in [7, 11) is 0. The highest BCUT2D eigenvalue weighted by Crippen LogP contribution is 2.14. The maximum Gasteiger partial charge on any atom is 0.225 e. The van der Waals surface area contributed by atoms with Gasteiger partial charge in [0.05, 0.1) is 11.0 Å². The van der Waals surface area contributed by atoms with Crippen LogP contribution in [0, 0.1) is 5.92 Å². The van der Waals surface area contributed by atoms with Crippen molar-refractivity contribution in [1.82, 2.24) is 9.80 Å². The maximum atomic E-state index is 12.1. The summed E-state index contributed by atoms with van der Waals surface area (Å²) in [5, 5.41) is 0. The molecule has 19 heavy (non-hydrogen) atoms. The van der Waals surface area contributed by atoms with E-state index in [9.17, 15) is 4.79 Å². The molecule has 0 saturated carbocycles. The van der Waals surface area contributed by atoms with Crippen LogP contribution in [0.15, 0.2) is 0 Å². The molecule has 0 bridgehead atoms. The van der Waals surface area contributed by atoms with Gasteiger partial charge in [-0.25, -0.2) is 0 Å². The van der Waals surface area contributed by atoms with E-state index in [1.165, 1.54) is 0 Å². The minimum absolute atomic E-state index is 0.133. The number of rotatable bonds is 6. The first kappa shape index (κ1) is 16.4. The smallest absolute Gasteiger partial charge is 0.225 e. The number of amides is 1. The van der Waals surface area contributed by atoms with Crippen LogP contribution >= 0.6 is 12.2 Å². The third-order valence-corrected chi connectivity index (χ3v) is 4.26. The Labute approximate surface area is 122 Å². The number of carbonyl (C=O) groups excluding carboxylic acids is 1. The molecule has 110 valence electrons. The summed E-state index contributed by atoms with van der Waals surface area (Å²) < 4.78 is 0. The Morgan fingerprint density at radius 2 is 1.84 bits per heavy atom. The van der Waals surface area contributed by atoms with Crippen molar-refractivity contribution in [3.63, 3.8) is 0 Å². The topological polar surface area (TPSA) is 49.6 Å². The fourth-order valence-electron chi connectivity index (χ4n) is 2.52. The Kier molecular flexibility index (Phi) is 6.72. The van der Waals surface area contributed by atoms with Gasteiger partial charge in [0.25, 0.3) is 0 Å². The molecule has 2 unspecified atom stereocenters. The SMILES string of the molecule is CCCC(C(N)=S)N1CCN(C(=O)C(C)CC)CC1. The number of carbonyl (C=O) groups is 1. The first-order valence-corrected chi connectivity index (χ1v) is 7.74. The Hall–Kier alpha value is -0.680. The van der Waals surface area contributed by atoms with Crippen molar-refractivity contribution in [1.29, 1.82) is 0 Å².